The van der Waals surface area contributed by atoms with Gasteiger partial charge in [0.05, 0.1) is 12.2 Å². The van der Waals surface area contributed by atoms with E-state index in [2.05, 4.69) is 13.8 Å². The van der Waals surface area contributed by atoms with Crippen molar-refractivity contribution < 1.29 is 9.47 Å². The summed E-state index contributed by atoms with van der Waals surface area (Å²) in [5.41, 5.74) is 0. The molecule has 0 saturated carbocycles. The average Bonchev–Trinajstić information content (AvgIpc) is 2.55. The highest BCUT2D eigenvalue weighted by Gasteiger charge is 2.06. The zero-order chi connectivity index (χ0) is 17.2. The van der Waals surface area contributed by atoms with Crippen LogP contribution in [0.1, 0.15) is 104 Å². The molecule has 0 amide bonds. The summed E-state index contributed by atoms with van der Waals surface area (Å²) in [7, 11) is 1.87. The van der Waals surface area contributed by atoms with Crippen molar-refractivity contribution in [2.75, 3.05) is 13.7 Å². The van der Waals surface area contributed by atoms with Crippen LogP contribution in [0, 0.1) is 6.92 Å². The van der Waals surface area contributed by atoms with Crippen molar-refractivity contribution in [3.05, 3.63) is 6.92 Å². The van der Waals surface area contributed by atoms with Crippen molar-refractivity contribution in [3.8, 4) is 0 Å². The van der Waals surface area contributed by atoms with Crippen LogP contribution in [0.5, 0.6) is 0 Å². The zero-order valence-corrected chi connectivity index (χ0v) is 16.3. The van der Waals surface area contributed by atoms with E-state index in [4.69, 9.17) is 9.47 Å². The second kappa shape index (κ2) is 18.3. The molecule has 0 aliphatic carbocycles. The van der Waals surface area contributed by atoms with E-state index >= 15 is 0 Å². The van der Waals surface area contributed by atoms with Gasteiger partial charge in [-0.2, -0.15) is 0 Å². The Morgan fingerprint density at radius 1 is 0.696 bits per heavy atom. The van der Waals surface area contributed by atoms with Gasteiger partial charge in [-0.15, -0.1) is 0 Å². The molecule has 1 radical (unpaired) electrons. The summed E-state index contributed by atoms with van der Waals surface area (Å²) in [5.74, 6) is 0. The molecule has 0 heterocycles. The third-order valence-electron chi connectivity index (χ3n) is 4.67. The number of ether oxygens (including phenoxy) is 2. The molecule has 0 aliphatic heterocycles. The molecule has 2 atom stereocenters. The van der Waals surface area contributed by atoms with Crippen LogP contribution in [0.4, 0.5) is 0 Å². The third-order valence-corrected chi connectivity index (χ3v) is 4.67. The van der Waals surface area contributed by atoms with Gasteiger partial charge in [-0.1, -0.05) is 77.6 Å². The summed E-state index contributed by atoms with van der Waals surface area (Å²) in [6.07, 6.45) is 19.2. The van der Waals surface area contributed by atoms with E-state index in [0.29, 0.717) is 6.10 Å². The Kier molecular flexibility index (Phi) is 18.2. The maximum absolute atomic E-state index is 5.59. The minimum Gasteiger partial charge on any atom is -0.381 e. The lowest BCUT2D eigenvalue weighted by atomic mass is 10.0. The molecule has 139 valence electrons. The van der Waals surface area contributed by atoms with Crippen molar-refractivity contribution in [3.63, 3.8) is 0 Å². The van der Waals surface area contributed by atoms with Gasteiger partial charge in [0.25, 0.3) is 0 Å². The molecule has 0 rings (SSSR count). The molecule has 23 heavy (non-hydrogen) atoms. The number of hydrogen-bond acceptors (Lipinski definition) is 2. The summed E-state index contributed by atoms with van der Waals surface area (Å²) in [6, 6.07) is 0. The van der Waals surface area contributed by atoms with Crippen LogP contribution in [0.3, 0.4) is 0 Å². The minimum absolute atomic E-state index is 0.200. The highest BCUT2D eigenvalue weighted by atomic mass is 16.5. The first-order chi connectivity index (χ1) is 11.2. The highest BCUT2D eigenvalue weighted by molar-refractivity contribution is 4.60. The van der Waals surface area contributed by atoms with Crippen LogP contribution in [0.2, 0.25) is 0 Å². The predicted molar refractivity (Wildman–Crippen MR) is 102 cm³/mol. The zero-order valence-electron chi connectivity index (χ0n) is 16.3. The van der Waals surface area contributed by atoms with E-state index in [1.54, 1.807) is 0 Å². The summed E-state index contributed by atoms with van der Waals surface area (Å²) >= 11 is 0. The number of unbranched alkanes of at least 4 members (excludes halogenated alkanes) is 9. The molecule has 0 aromatic rings. The monoisotopic (exact) mass is 327 g/mol. The summed E-state index contributed by atoms with van der Waals surface area (Å²) < 4.78 is 11.0. The molecule has 2 unspecified atom stereocenters. The lowest BCUT2D eigenvalue weighted by Gasteiger charge is -2.14. The van der Waals surface area contributed by atoms with E-state index in [1.165, 1.54) is 83.5 Å². The maximum atomic E-state index is 5.59. The Balaban J connectivity index is 3.26. The van der Waals surface area contributed by atoms with E-state index in [0.717, 1.165) is 13.0 Å². The quantitative estimate of drug-likeness (QED) is 0.260. The first-order valence-electron chi connectivity index (χ1n) is 10.2. The van der Waals surface area contributed by atoms with Crippen molar-refractivity contribution in [2.24, 2.45) is 0 Å². The fraction of sp³-hybridized carbons (Fsp3) is 0.952. The molecule has 2 heteroatoms. The van der Waals surface area contributed by atoms with E-state index in [1.807, 2.05) is 14.0 Å². The normalized spacial score (nSPS) is 14.1. The van der Waals surface area contributed by atoms with E-state index < -0.39 is 0 Å². The second-order valence-corrected chi connectivity index (χ2v) is 6.84. The maximum Gasteiger partial charge on any atom is 0.0576 e. The Bertz CT molecular complexity index is 218. The van der Waals surface area contributed by atoms with Crippen LogP contribution in [0.25, 0.3) is 0 Å². The van der Waals surface area contributed by atoms with Gasteiger partial charge in [-0.3, -0.25) is 0 Å². The number of hydrogen-bond donors (Lipinski definition) is 0. The molecule has 0 aromatic carbocycles. The molecule has 0 N–H and O–H groups in total. The second-order valence-electron chi connectivity index (χ2n) is 6.84. The van der Waals surface area contributed by atoms with E-state index in [9.17, 15) is 0 Å². The Morgan fingerprint density at radius 3 is 1.65 bits per heavy atom. The van der Waals surface area contributed by atoms with Crippen molar-refractivity contribution >= 4 is 0 Å². The molecule has 0 bridgehead atoms. The smallest absolute Gasteiger partial charge is 0.0576 e. The van der Waals surface area contributed by atoms with Crippen LogP contribution in [-0.2, 0) is 9.47 Å². The van der Waals surface area contributed by atoms with Gasteiger partial charge < -0.3 is 9.47 Å². The summed E-state index contributed by atoms with van der Waals surface area (Å²) in [5, 5.41) is 0. The summed E-state index contributed by atoms with van der Waals surface area (Å²) in [6.45, 7) is 9.10. The Hall–Kier alpha value is -0.0800. The van der Waals surface area contributed by atoms with Gasteiger partial charge in [0.2, 0.25) is 0 Å². The first kappa shape index (κ1) is 22.9. The lowest BCUT2D eigenvalue weighted by Crippen LogP contribution is -2.10. The molecule has 0 aromatic heterocycles. The molecule has 0 spiro atoms. The third kappa shape index (κ3) is 16.6. The predicted octanol–water partition coefficient (Wildman–Crippen LogP) is 6.72. The fourth-order valence-electron chi connectivity index (χ4n) is 3.13. The van der Waals surface area contributed by atoms with Gasteiger partial charge in [-0.25, -0.2) is 0 Å². The van der Waals surface area contributed by atoms with Gasteiger partial charge in [-0.05, 0) is 33.1 Å². The van der Waals surface area contributed by atoms with Gasteiger partial charge in [0.1, 0.15) is 0 Å². The van der Waals surface area contributed by atoms with Crippen molar-refractivity contribution in [1.29, 1.82) is 0 Å². The standard InChI is InChI=1S/C21H43O2/c1-5-7-14-18-21(22-4)19-16-13-11-9-8-10-12-15-17-20(3)23-6-2/h20-21H,3,5-19H2,1-2,4H3. The Morgan fingerprint density at radius 2 is 1.17 bits per heavy atom. The van der Waals surface area contributed by atoms with E-state index in [-0.39, 0.29) is 6.10 Å². The number of rotatable bonds is 18. The first-order valence-corrected chi connectivity index (χ1v) is 10.2. The van der Waals surface area contributed by atoms with Crippen LogP contribution in [0.15, 0.2) is 0 Å². The molecule has 2 nitrogen and oxygen atoms in total. The molecule has 0 aliphatic rings. The van der Waals surface area contributed by atoms with Crippen LogP contribution in [-0.4, -0.2) is 25.9 Å². The molecular weight excluding hydrogens is 284 g/mol. The van der Waals surface area contributed by atoms with Gasteiger partial charge in [0.15, 0.2) is 0 Å². The SMILES string of the molecule is [CH2]C(CCCCCCCCCCC(CCCCC)OC)OCC. The van der Waals surface area contributed by atoms with Gasteiger partial charge in [0, 0.05) is 13.7 Å². The largest absolute Gasteiger partial charge is 0.381 e. The topological polar surface area (TPSA) is 18.5 Å². The fourth-order valence-corrected chi connectivity index (χ4v) is 3.13. The van der Waals surface area contributed by atoms with Crippen LogP contribution < -0.4 is 0 Å². The van der Waals surface area contributed by atoms with Crippen LogP contribution >= 0.6 is 0 Å². The molecular formula is C21H43O2. The Labute approximate surface area is 146 Å². The number of methoxy groups -OCH3 is 1. The highest BCUT2D eigenvalue weighted by Crippen LogP contribution is 2.16. The average molecular weight is 328 g/mol. The molecule has 0 saturated heterocycles. The lowest BCUT2D eigenvalue weighted by molar-refractivity contribution is 0.0832. The van der Waals surface area contributed by atoms with Crippen molar-refractivity contribution in [1.82, 2.24) is 0 Å². The van der Waals surface area contributed by atoms with Crippen molar-refractivity contribution in [2.45, 2.75) is 116 Å². The summed E-state index contributed by atoms with van der Waals surface area (Å²) in [4.78, 5) is 0. The minimum atomic E-state index is 0.200. The molecule has 0 fully saturated rings. The van der Waals surface area contributed by atoms with Gasteiger partial charge >= 0.3 is 0 Å².